The normalized spacial score (nSPS) is 11.3. The molecule has 1 aromatic rings. The lowest BCUT2D eigenvalue weighted by Gasteiger charge is -2.11. The maximum atomic E-state index is 12.6. The van der Waals surface area contributed by atoms with Gasteiger partial charge in [-0.1, -0.05) is 0 Å². The van der Waals surface area contributed by atoms with Crippen LogP contribution in [-0.2, 0) is 22.1 Å². The van der Waals surface area contributed by atoms with Crippen molar-refractivity contribution in [3.63, 3.8) is 0 Å². The Morgan fingerprint density at radius 3 is 2.69 bits per heavy atom. The van der Waals surface area contributed by atoms with Gasteiger partial charge in [-0.3, -0.25) is 9.78 Å². The van der Waals surface area contributed by atoms with Crippen LogP contribution >= 0.6 is 15.9 Å². The van der Waals surface area contributed by atoms with E-state index < -0.39 is 24.1 Å². The zero-order valence-electron chi connectivity index (χ0n) is 8.14. The largest absolute Gasteiger partial charge is 0.469 e. The lowest BCUT2D eigenvalue weighted by Crippen LogP contribution is -2.15. The summed E-state index contributed by atoms with van der Waals surface area (Å²) in [6.45, 7) is 0. The molecule has 7 heteroatoms. The highest BCUT2D eigenvalue weighted by atomic mass is 79.9. The molecule has 0 amide bonds. The number of esters is 1. The molecule has 0 spiro atoms. The molecule has 1 heterocycles. The highest BCUT2D eigenvalue weighted by Gasteiger charge is 2.34. The van der Waals surface area contributed by atoms with Crippen LogP contribution in [0.2, 0.25) is 0 Å². The average molecular weight is 298 g/mol. The number of ether oxygens (including phenoxy) is 1. The van der Waals surface area contributed by atoms with Gasteiger partial charge in [-0.2, -0.15) is 13.2 Å². The molecule has 0 bridgehead atoms. The lowest BCUT2D eigenvalue weighted by atomic mass is 10.1. The van der Waals surface area contributed by atoms with Gasteiger partial charge in [0.15, 0.2) is 0 Å². The number of carbonyl (C=O) groups excluding carboxylic acids is 1. The Morgan fingerprint density at radius 2 is 2.19 bits per heavy atom. The third kappa shape index (κ3) is 3.19. The molecule has 0 fully saturated rings. The topological polar surface area (TPSA) is 39.2 Å². The number of carbonyl (C=O) groups is 1. The molecular formula is C9H7BrF3NO2. The van der Waals surface area contributed by atoms with Crippen molar-refractivity contribution in [3.8, 4) is 0 Å². The molecule has 0 aromatic carbocycles. The molecule has 0 saturated carbocycles. The Morgan fingerprint density at radius 1 is 1.56 bits per heavy atom. The van der Waals surface area contributed by atoms with Crippen LogP contribution in [0.25, 0.3) is 0 Å². The molecule has 1 aromatic heterocycles. The summed E-state index contributed by atoms with van der Waals surface area (Å²) >= 11 is 2.89. The Kier molecular flexibility index (Phi) is 3.90. The molecule has 0 radical (unpaired) electrons. The van der Waals surface area contributed by atoms with Crippen LogP contribution in [0.3, 0.4) is 0 Å². The van der Waals surface area contributed by atoms with Crippen molar-refractivity contribution in [3.05, 3.63) is 28.0 Å². The first kappa shape index (κ1) is 13.0. The van der Waals surface area contributed by atoms with E-state index in [0.717, 1.165) is 13.2 Å². The number of hydrogen-bond donors (Lipinski definition) is 0. The summed E-state index contributed by atoms with van der Waals surface area (Å²) in [5, 5.41) is 0. The highest BCUT2D eigenvalue weighted by molar-refractivity contribution is 9.10. The molecule has 0 aliphatic rings. The standard InChI is InChI=1S/C9H7BrF3NO2/c1-16-8(15)3-7-6(9(11,12)13)2-5(10)4-14-7/h2,4H,3H2,1H3. The second-order valence-electron chi connectivity index (χ2n) is 2.90. The Bertz CT molecular complexity index is 406. The number of pyridine rings is 1. The van der Waals surface area contributed by atoms with Gasteiger partial charge in [0.25, 0.3) is 0 Å². The first-order valence-electron chi connectivity index (χ1n) is 4.13. The van der Waals surface area contributed by atoms with Crippen LogP contribution in [0.1, 0.15) is 11.3 Å². The summed E-state index contributed by atoms with van der Waals surface area (Å²) in [4.78, 5) is 14.5. The molecule has 16 heavy (non-hydrogen) atoms. The Balaban J connectivity index is 3.13. The fourth-order valence-corrected chi connectivity index (χ4v) is 1.39. The summed E-state index contributed by atoms with van der Waals surface area (Å²) in [5.41, 5.74) is -1.28. The maximum absolute atomic E-state index is 12.6. The Labute approximate surface area is 97.8 Å². The van der Waals surface area contributed by atoms with Gasteiger partial charge in [0, 0.05) is 10.7 Å². The van der Waals surface area contributed by atoms with E-state index in [1.54, 1.807) is 0 Å². The SMILES string of the molecule is COC(=O)Cc1ncc(Br)cc1C(F)(F)F. The number of methoxy groups -OCH3 is 1. The first-order valence-corrected chi connectivity index (χ1v) is 4.92. The maximum Gasteiger partial charge on any atom is 0.418 e. The number of nitrogens with zero attached hydrogens (tertiary/aromatic N) is 1. The van der Waals surface area contributed by atoms with Gasteiger partial charge < -0.3 is 4.74 Å². The minimum Gasteiger partial charge on any atom is -0.469 e. The molecule has 0 aliphatic heterocycles. The van der Waals surface area contributed by atoms with Crippen molar-refractivity contribution in [2.45, 2.75) is 12.6 Å². The zero-order chi connectivity index (χ0) is 12.3. The number of hydrogen-bond acceptors (Lipinski definition) is 3. The van der Waals surface area contributed by atoms with Crippen LogP contribution < -0.4 is 0 Å². The molecule has 0 aliphatic carbocycles. The van der Waals surface area contributed by atoms with E-state index >= 15 is 0 Å². The smallest absolute Gasteiger partial charge is 0.418 e. The number of aromatic nitrogens is 1. The van der Waals surface area contributed by atoms with Crippen LogP contribution in [0.5, 0.6) is 0 Å². The van der Waals surface area contributed by atoms with E-state index in [0.29, 0.717) is 0 Å². The summed E-state index contributed by atoms with van der Waals surface area (Å²) in [5.74, 6) is -0.764. The van der Waals surface area contributed by atoms with Crippen molar-refractivity contribution in [1.82, 2.24) is 4.98 Å². The fraction of sp³-hybridized carbons (Fsp3) is 0.333. The van der Waals surface area contributed by atoms with Crippen molar-refractivity contribution in [2.24, 2.45) is 0 Å². The molecule has 3 nitrogen and oxygen atoms in total. The van der Waals surface area contributed by atoms with Crippen molar-refractivity contribution < 1.29 is 22.7 Å². The van der Waals surface area contributed by atoms with Crippen LogP contribution in [0.4, 0.5) is 13.2 Å². The van der Waals surface area contributed by atoms with Gasteiger partial charge in [0.05, 0.1) is 24.8 Å². The average Bonchev–Trinajstić information content (AvgIpc) is 2.19. The number of rotatable bonds is 2. The van der Waals surface area contributed by atoms with Gasteiger partial charge in [0.2, 0.25) is 0 Å². The predicted molar refractivity (Wildman–Crippen MR) is 52.7 cm³/mol. The quantitative estimate of drug-likeness (QED) is 0.788. The molecule has 0 atom stereocenters. The fourth-order valence-electron chi connectivity index (χ4n) is 1.06. The van der Waals surface area contributed by atoms with Crippen molar-refractivity contribution >= 4 is 21.9 Å². The monoisotopic (exact) mass is 297 g/mol. The molecule has 0 saturated heterocycles. The van der Waals surface area contributed by atoms with Gasteiger partial charge in [-0.25, -0.2) is 0 Å². The van der Waals surface area contributed by atoms with Gasteiger partial charge in [-0.15, -0.1) is 0 Å². The second kappa shape index (κ2) is 4.82. The van der Waals surface area contributed by atoms with Gasteiger partial charge >= 0.3 is 12.1 Å². The molecule has 88 valence electrons. The summed E-state index contributed by atoms with van der Waals surface area (Å²) in [6, 6.07) is 0.880. The molecule has 1 rings (SSSR count). The van der Waals surface area contributed by atoms with E-state index in [-0.39, 0.29) is 10.2 Å². The number of alkyl halides is 3. The summed E-state index contributed by atoms with van der Waals surface area (Å²) in [7, 11) is 1.11. The Hall–Kier alpha value is -1.11. The second-order valence-corrected chi connectivity index (χ2v) is 3.81. The lowest BCUT2D eigenvalue weighted by molar-refractivity contribution is -0.141. The van der Waals surface area contributed by atoms with E-state index in [1.165, 1.54) is 6.20 Å². The van der Waals surface area contributed by atoms with Crippen molar-refractivity contribution in [2.75, 3.05) is 7.11 Å². The van der Waals surface area contributed by atoms with Gasteiger partial charge in [0.1, 0.15) is 0 Å². The predicted octanol–water partition coefficient (Wildman–Crippen LogP) is 2.58. The minimum absolute atomic E-state index is 0.202. The summed E-state index contributed by atoms with van der Waals surface area (Å²) in [6.07, 6.45) is -3.84. The zero-order valence-corrected chi connectivity index (χ0v) is 9.72. The highest BCUT2D eigenvalue weighted by Crippen LogP contribution is 2.33. The molecular weight excluding hydrogens is 291 g/mol. The van der Waals surface area contributed by atoms with Crippen molar-refractivity contribution in [1.29, 1.82) is 0 Å². The minimum atomic E-state index is -4.54. The van der Waals surface area contributed by atoms with E-state index in [2.05, 4.69) is 25.7 Å². The van der Waals surface area contributed by atoms with Crippen LogP contribution in [-0.4, -0.2) is 18.1 Å². The van der Waals surface area contributed by atoms with E-state index in [4.69, 9.17) is 0 Å². The van der Waals surface area contributed by atoms with Crippen LogP contribution in [0.15, 0.2) is 16.7 Å². The third-order valence-corrected chi connectivity index (χ3v) is 2.22. The van der Waals surface area contributed by atoms with Crippen LogP contribution in [0, 0.1) is 0 Å². The van der Waals surface area contributed by atoms with Gasteiger partial charge in [-0.05, 0) is 22.0 Å². The van der Waals surface area contributed by atoms with E-state index in [9.17, 15) is 18.0 Å². The number of halogens is 4. The summed E-state index contributed by atoms with van der Waals surface area (Å²) < 4.78 is 42.2. The molecule has 0 N–H and O–H groups in total. The molecule has 0 unspecified atom stereocenters. The van der Waals surface area contributed by atoms with E-state index in [1.807, 2.05) is 0 Å². The third-order valence-electron chi connectivity index (χ3n) is 1.78. The first-order chi connectivity index (χ1) is 7.34.